The van der Waals surface area contributed by atoms with E-state index in [0.29, 0.717) is 29.2 Å². The molecule has 0 N–H and O–H groups in total. The third-order valence-electron chi connectivity index (χ3n) is 5.47. The van der Waals surface area contributed by atoms with Gasteiger partial charge in [0.25, 0.3) is 6.01 Å². The number of thiazole rings is 1. The van der Waals surface area contributed by atoms with E-state index in [-0.39, 0.29) is 35.8 Å². The van der Waals surface area contributed by atoms with Crippen LogP contribution < -0.4 is 4.90 Å². The van der Waals surface area contributed by atoms with Gasteiger partial charge in [0, 0.05) is 31.3 Å². The Labute approximate surface area is 173 Å². The first kappa shape index (κ1) is 19.7. The zero-order valence-electron chi connectivity index (χ0n) is 15.9. The zero-order valence-corrected chi connectivity index (χ0v) is 16.7. The van der Waals surface area contributed by atoms with Gasteiger partial charge in [0.1, 0.15) is 10.5 Å². The van der Waals surface area contributed by atoms with Crippen molar-refractivity contribution in [3.05, 3.63) is 29.3 Å². The normalized spacial score (nSPS) is 23.0. The molecule has 0 amide bonds. The maximum absolute atomic E-state index is 13.7. The lowest BCUT2D eigenvalue weighted by Gasteiger charge is -2.50. The standard InChI is InChI=1S/C19H18F4N4O2S/c1-2-28-16(19(20,21)22)10-5-13(17-24-3-4-30-17)15-14(6-10)25-18(29-15)26-8-11-7-12(9-26)27(11)23/h3-6,11-12,16H,2,7-9H2,1H3. The molecule has 2 bridgehead atoms. The average Bonchev–Trinajstić information content (AvgIpc) is 3.40. The summed E-state index contributed by atoms with van der Waals surface area (Å²) in [6.45, 7) is 2.27. The number of piperazine rings is 1. The van der Waals surface area contributed by atoms with Crippen molar-refractivity contribution < 1.29 is 26.8 Å². The Morgan fingerprint density at radius 3 is 2.67 bits per heavy atom. The number of piperidine rings is 1. The van der Waals surface area contributed by atoms with Gasteiger partial charge in [-0.05, 0) is 31.0 Å². The first-order chi connectivity index (χ1) is 14.3. The van der Waals surface area contributed by atoms with Crippen LogP contribution in [-0.2, 0) is 4.74 Å². The summed E-state index contributed by atoms with van der Waals surface area (Å²) >= 11 is 1.29. The van der Waals surface area contributed by atoms with Gasteiger partial charge >= 0.3 is 6.18 Å². The Kier molecular flexibility index (Phi) is 4.71. The molecule has 3 aliphatic rings. The minimum absolute atomic E-state index is 0.0571. The van der Waals surface area contributed by atoms with Gasteiger partial charge in [-0.15, -0.1) is 20.9 Å². The van der Waals surface area contributed by atoms with Crippen LogP contribution in [0.3, 0.4) is 0 Å². The second kappa shape index (κ2) is 7.17. The average molecular weight is 442 g/mol. The fraction of sp³-hybridized carbons (Fsp3) is 0.474. The highest BCUT2D eigenvalue weighted by atomic mass is 32.1. The Balaban J connectivity index is 1.60. The highest BCUT2D eigenvalue weighted by Crippen LogP contribution is 2.42. The molecule has 3 saturated heterocycles. The smallest absolute Gasteiger partial charge is 0.418 e. The number of anilines is 1. The molecular formula is C19H18F4N4O2S. The van der Waals surface area contributed by atoms with Crippen LogP contribution in [0, 0.1) is 0 Å². The van der Waals surface area contributed by atoms with Crippen molar-refractivity contribution in [2.45, 2.75) is 37.7 Å². The van der Waals surface area contributed by atoms with Crippen LogP contribution in [0.2, 0.25) is 0 Å². The van der Waals surface area contributed by atoms with Crippen molar-refractivity contribution in [2.24, 2.45) is 0 Å². The molecule has 0 radical (unpaired) electrons. The number of halogens is 4. The SMILES string of the molecule is CCOC(c1cc(-c2nccs2)c2oc(N3CC4CC(C3)N4F)nc2c1)C(F)(F)F. The van der Waals surface area contributed by atoms with Crippen LogP contribution in [-0.4, -0.2) is 53.0 Å². The van der Waals surface area contributed by atoms with E-state index >= 15 is 0 Å². The lowest BCUT2D eigenvalue weighted by Crippen LogP contribution is -2.65. The summed E-state index contributed by atoms with van der Waals surface area (Å²) in [6, 6.07) is 2.61. The van der Waals surface area contributed by atoms with E-state index in [9.17, 15) is 17.7 Å². The highest BCUT2D eigenvalue weighted by Gasteiger charge is 2.47. The molecule has 30 heavy (non-hydrogen) atoms. The van der Waals surface area contributed by atoms with Gasteiger partial charge in [0.05, 0.1) is 17.6 Å². The Morgan fingerprint density at radius 1 is 1.30 bits per heavy atom. The summed E-state index contributed by atoms with van der Waals surface area (Å²) in [4.78, 5) is 10.5. The quantitative estimate of drug-likeness (QED) is 0.420. The monoisotopic (exact) mass is 442 g/mol. The number of aromatic nitrogens is 2. The molecule has 0 spiro atoms. The van der Waals surface area contributed by atoms with E-state index in [4.69, 9.17) is 9.15 Å². The Morgan fingerprint density at radius 2 is 2.07 bits per heavy atom. The number of nitrogens with zero attached hydrogens (tertiary/aromatic N) is 4. The van der Waals surface area contributed by atoms with E-state index in [0.717, 1.165) is 11.5 Å². The molecule has 11 heteroatoms. The molecule has 3 fully saturated rings. The van der Waals surface area contributed by atoms with Crippen molar-refractivity contribution in [3.63, 3.8) is 0 Å². The van der Waals surface area contributed by atoms with Crippen LogP contribution >= 0.6 is 11.3 Å². The Hall–Kier alpha value is -2.24. The molecule has 3 atom stereocenters. The minimum Gasteiger partial charge on any atom is -0.423 e. The molecule has 0 aliphatic carbocycles. The highest BCUT2D eigenvalue weighted by molar-refractivity contribution is 7.13. The first-order valence-corrected chi connectivity index (χ1v) is 10.4. The van der Waals surface area contributed by atoms with E-state index in [1.807, 2.05) is 4.90 Å². The van der Waals surface area contributed by atoms with Crippen molar-refractivity contribution in [1.82, 2.24) is 15.1 Å². The second-order valence-corrected chi connectivity index (χ2v) is 8.31. The molecule has 2 aromatic heterocycles. The van der Waals surface area contributed by atoms with E-state index < -0.39 is 12.3 Å². The van der Waals surface area contributed by atoms with Gasteiger partial charge < -0.3 is 14.1 Å². The number of benzene rings is 1. The summed E-state index contributed by atoms with van der Waals surface area (Å²) in [5.41, 5.74) is 1.02. The number of oxazole rings is 1. The second-order valence-electron chi connectivity index (χ2n) is 7.42. The van der Waals surface area contributed by atoms with Crippen molar-refractivity contribution in [2.75, 3.05) is 24.6 Å². The van der Waals surface area contributed by atoms with Crippen LogP contribution in [0.25, 0.3) is 21.7 Å². The van der Waals surface area contributed by atoms with E-state index in [1.165, 1.54) is 30.4 Å². The molecule has 1 aromatic carbocycles. The maximum Gasteiger partial charge on any atom is 0.418 e. The molecule has 160 valence electrons. The van der Waals surface area contributed by atoms with Crippen LogP contribution in [0.5, 0.6) is 0 Å². The molecule has 3 aliphatic heterocycles. The van der Waals surface area contributed by atoms with Crippen molar-refractivity contribution in [1.29, 1.82) is 0 Å². The predicted octanol–water partition coefficient (Wildman–Crippen LogP) is 4.74. The largest absolute Gasteiger partial charge is 0.423 e. The molecule has 3 unspecified atom stereocenters. The van der Waals surface area contributed by atoms with Gasteiger partial charge in [-0.1, -0.05) is 0 Å². The van der Waals surface area contributed by atoms with E-state index in [1.54, 1.807) is 11.6 Å². The molecule has 3 aromatic rings. The van der Waals surface area contributed by atoms with Gasteiger partial charge in [0.2, 0.25) is 0 Å². The number of fused-ring (bicyclic) bond motifs is 3. The van der Waals surface area contributed by atoms with E-state index in [2.05, 4.69) is 9.97 Å². The minimum atomic E-state index is -4.57. The maximum atomic E-state index is 13.7. The number of alkyl halides is 3. The van der Waals surface area contributed by atoms with Crippen LogP contribution in [0.1, 0.15) is 25.0 Å². The summed E-state index contributed by atoms with van der Waals surface area (Å²) in [5, 5.41) is 3.11. The van der Waals surface area contributed by atoms with Gasteiger partial charge in [-0.3, -0.25) is 0 Å². The number of rotatable bonds is 5. The van der Waals surface area contributed by atoms with Gasteiger partial charge in [-0.2, -0.15) is 18.2 Å². The van der Waals surface area contributed by atoms with Crippen molar-refractivity contribution >= 4 is 28.5 Å². The summed E-state index contributed by atoms with van der Waals surface area (Å²) in [6.07, 6.45) is -4.29. The number of hydrogen-bond acceptors (Lipinski definition) is 7. The fourth-order valence-corrected chi connectivity index (χ4v) is 4.76. The van der Waals surface area contributed by atoms with Gasteiger partial charge in [0.15, 0.2) is 11.7 Å². The molecule has 6 nitrogen and oxygen atoms in total. The van der Waals surface area contributed by atoms with Gasteiger partial charge in [-0.25, -0.2) is 4.98 Å². The topological polar surface area (TPSA) is 54.6 Å². The lowest BCUT2D eigenvalue weighted by molar-refractivity contribution is -0.222. The number of ether oxygens (including phenoxy) is 1. The van der Waals surface area contributed by atoms with Crippen molar-refractivity contribution in [3.8, 4) is 10.6 Å². The lowest BCUT2D eigenvalue weighted by atomic mass is 9.91. The summed E-state index contributed by atoms with van der Waals surface area (Å²) < 4.78 is 65.6. The molecular weight excluding hydrogens is 424 g/mol. The number of hydrogen-bond donors (Lipinski definition) is 0. The fourth-order valence-electron chi connectivity index (χ4n) is 4.11. The molecule has 0 saturated carbocycles. The van der Waals surface area contributed by atoms with Crippen LogP contribution in [0.15, 0.2) is 28.1 Å². The third-order valence-corrected chi connectivity index (χ3v) is 6.28. The third kappa shape index (κ3) is 3.25. The predicted molar refractivity (Wildman–Crippen MR) is 103 cm³/mol. The first-order valence-electron chi connectivity index (χ1n) is 9.57. The van der Waals surface area contributed by atoms with Crippen LogP contribution in [0.4, 0.5) is 23.7 Å². The zero-order chi connectivity index (χ0) is 21.0. The molecule has 5 heterocycles. The summed E-state index contributed by atoms with van der Waals surface area (Å²) in [5.74, 6) is 0. The summed E-state index contributed by atoms with van der Waals surface area (Å²) in [7, 11) is 0. The molecule has 6 rings (SSSR count). The Bertz CT molecular complexity index is 1040.